The number of aliphatic imine (C=N–C) groups is 1. The normalized spacial score (nSPS) is 18.7. The first-order valence-corrected chi connectivity index (χ1v) is 8.62. The molecule has 3 heterocycles. The zero-order valence-electron chi connectivity index (χ0n) is 14.9. The van der Waals surface area contributed by atoms with Gasteiger partial charge < -0.3 is 10.6 Å². The highest BCUT2D eigenvalue weighted by Crippen LogP contribution is 2.19. The molecule has 1 atom stereocenters. The van der Waals surface area contributed by atoms with E-state index in [0.717, 1.165) is 11.4 Å². The van der Waals surface area contributed by atoms with Crippen molar-refractivity contribution in [2.75, 3.05) is 26.7 Å². The molecule has 1 aliphatic heterocycles. The molecule has 7 nitrogen and oxygen atoms in total. The highest BCUT2D eigenvalue weighted by molar-refractivity contribution is 5.80. The van der Waals surface area contributed by atoms with Gasteiger partial charge in [0.1, 0.15) is 12.1 Å². The Kier molecular flexibility index (Phi) is 5.94. The van der Waals surface area contributed by atoms with Crippen LogP contribution in [0.25, 0.3) is 5.82 Å². The number of hydrogen-bond donors (Lipinski definition) is 2. The van der Waals surface area contributed by atoms with E-state index in [1.807, 2.05) is 22.9 Å². The molecule has 0 aliphatic carbocycles. The first-order chi connectivity index (χ1) is 12.9. The summed E-state index contributed by atoms with van der Waals surface area (Å²) in [7, 11) is 1.64. The number of halogens is 3. The van der Waals surface area contributed by atoms with Crippen LogP contribution in [0.4, 0.5) is 13.2 Å². The number of pyridine rings is 1. The molecular formula is C17H22F3N7. The summed E-state index contributed by atoms with van der Waals surface area (Å²) in [6.07, 6.45) is 3.43. The quantitative estimate of drug-likeness (QED) is 0.608. The van der Waals surface area contributed by atoms with E-state index in [1.165, 1.54) is 4.90 Å². The number of guanidine groups is 1. The summed E-state index contributed by atoms with van der Waals surface area (Å²) < 4.78 is 39.3. The van der Waals surface area contributed by atoms with Crippen molar-refractivity contribution in [2.24, 2.45) is 4.99 Å². The lowest BCUT2D eigenvalue weighted by Crippen LogP contribution is -2.44. The Hall–Kier alpha value is -2.62. The monoisotopic (exact) mass is 381 g/mol. The van der Waals surface area contributed by atoms with Gasteiger partial charge in [0, 0.05) is 51.3 Å². The van der Waals surface area contributed by atoms with Crippen LogP contribution in [0, 0.1) is 0 Å². The van der Waals surface area contributed by atoms with Crippen molar-refractivity contribution < 1.29 is 13.2 Å². The molecule has 10 heteroatoms. The van der Waals surface area contributed by atoms with Crippen LogP contribution in [-0.4, -0.2) is 64.3 Å². The third-order valence-corrected chi connectivity index (χ3v) is 4.28. The van der Waals surface area contributed by atoms with E-state index in [-0.39, 0.29) is 6.04 Å². The first-order valence-electron chi connectivity index (χ1n) is 8.62. The number of aromatic nitrogens is 3. The smallest absolute Gasteiger partial charge is 0.352 e. The highest BCUT2D eigenvalue weighted by atomic mass is 19.4. The van der Waals surface area contributed by atoms with Crippen molar-refractivity contribution in [1.29, 1.82) is 0 Å². The Morgan fingerprint density at radius 1 is 1.37 bits per heavy atom. The molecule has 0 saturated carbocycles. The maximum absolute atomic E-state index is 12.5. The number of nitrogens with one attached hydrogen (secondary N) is 2. The van der Waals surface area contributed by atoms with Gasteiger partial charge >= 0.3 is 6.18 Å². The Morgan fingerprint density at radius 2 is 2.22 bits per heavy atom. The van der Waals surface area contributed by atoms with E-state index in [4.69, 9.17) is 0 Å². The largest absolute Gasteiger partial charge is 0.401 e. The van der Waals surface area contributed by atoms with E-state index in [0.29, 0.717) is 32.0 Å². The summed E-state index contributed by atoms with van der Waals surface area (Å²) in [4.78, 5) is 13.9. The van der Waals surface area contributed by atoms with Crippen LogP contribution in [0.15, 0.2) is 42.0 Å². The average molecular weight is 381 g/mol. The van der Waals surface area contributed by atoms with Crippen molar-refractivity contribution in [3.8, 4) is 5.82 Å². The minimum absolute atomic E-state index is 0.0553. The standard InChI is InChI=1S/C17H22F3N7/c1-21-16(25-14-4-6-26(10-14)11-17(18,19)20)24-9-13-2-3-15(23-8-13)27-7-5-22-12-27/h2-3,5,7-8,12,14H,4,6,9-11H2,1H3,(H2,21,24,25). The predicted octanol–water partition coefficient (Wildman–Crippen LogP) is 1.57. The van der Waals surface area contributed by atoms with E-state index >= 15 is 0 Å². The van der Waals surface area contributed by atoms with Gasteiger partial charge in [-0.05, 0) is 18.1 Å². The van der Waals surface area contributed by atoms with Gasteiger partial charge in [-0.15, -0.1) is 0 Å². The lowest BCUT2D eigenvalue weighted by molar-refractivity contribution is -0.143. The second kappa shape index (κ2) is 8.38. The fourth-order valence-corrected chi connectivity index (χ4v) is 2.99. The maximum atomic E-state index is 12.5. The molecule has 27 heavy (non-hydrogen) atoms. The van der Waals surface area contributed by atoms with E-state index < -0.39 is 12.7 Å². The molecule has 2 N–H and O–H groups in total. The number of hydrogen-bond acceptors (Lipinski definition) is 4. The van der Waals surface area contributed by atoms with Crippen molar-refractivity contribution in [2.45, 2.75) is 25.2 Å². The lowest BCUT2D eigenvalue weighted by Gasteiger charge is -2.19. The molecule has 1 fully saturated rings. The van der Waals surface area contributed by atoms with Gasteiger partial charge in [0.05, 0.1) is 6.54 Å². The van der Waals surface area contributed by atoms with Crippen molar-refractivity contribution in [1.82, 2.24) is 30.1 Å². The zero-order chi connectivity index (χ0) is 19.3. The van der Waals surface area contributed by atoms with Crippen molar-refractivity contribution >= 4 is 5.96 Å². The summed E-state index contributed by atoms with van der Waals surface area (Å²) in [5.41, 5.74) is 0.965. The van der Waals surface area contributed by atoms with Gasteiger partial charge in [0.25, 0.3) is 0 Å². The molecule has 2 aromatic heterocycles. The highest BCUT2D eigenvalue weighted by Gasteiger charge is 2.34. The van der Waals surface area contributed by atoms with E-state index in [1.54, 1.807) is 25.8 Å². The maximum Gasteiger partial charge on any atom is 0.401 e. The van der Waals surface area contributed by atoms with Crippen LogP contribution < -0.4 is 10.6 Å². The molecule has 0 aromatic carbocycles. The molecular weight excluding hydrogens is 359 g/mol. The van der Waals surface area contributed by atoms with Crippen LogP contribution >= 0.6 is 0 Å². The van der Waals surface area contributed by atoms with Crippen LogP contribution in [0.1, 0.15) is 12.0 Å². The zero-order valence-corrected chi connectivity index (χ0v) is 14.9. The van der Waals surface area contributed by atoms with E-state index in [2.05, 4.69) is 25.6 Å². The van der Waals surface area contributed by atoms with Crippen LogP contribution in [0.3, 0.4) is 0 Å². The molecule has 146 valence electrons. The number of alkyl halides is 3. The molecule has 0 radical (unpaired) electrons. The lowest BCUT2D eigenvalue weighted by atomic mass is 10.2. The number of likely N-dealkylation sites (tertiary alicyclic amines) is 1. The first kappa shape index (κ1) is 19.2. The Morgan fingerprint density at radius 3 is 2.85 bits per heavy atom. The second-order valence-electron chi connectivity index (χ2n) is 6.40. The second-order valence-corrected chi connectivity index (χ2v) is 6.40. The third kappa shape index (κ3) is 5.68. The van der Waals surface area contributed by atoms with Crippen LogP contribution in [0.2, 0.25) is 0 Å². The molecule has 3 rings (SSSR count). The fraction of sp³-hybridized carbons (Fsp3) is 0.471. The molecule has 1 aliphatic rings. The number of rotatable bonds is 5. The molecule has 0 spiro atoms. The van der Waals surface area contributed by atoms with Gasteiger partial charge in [0.2, 0.25) is 0 Å². The summed E-state index contributed by atoms with van der Waals surface area (Å²) in [5.74, 6) is 1.34. The molecule has 1 saturated heterocycles. The summed E-state index contributed by atoms with van der Waals surface area (Å²) in [6, 6.07) is 3.78. The molecule has 2 aromatic rings. The molecule has 0 bridgehead atoms. The van der Waals surface area contributed by atoms with Crippen molar-refractivity contribution in [3.63, 3.8) is 0 Å². The number of imidazole rings is 1. The van der Waals surface area contributed by atoms with E-state index in [9.17, 15) is 13.2 Å². The Balaban J connectivity index is 1.47. The summed E-state index contributed by atoms with van der Waals surface area (Å²) >= 11 is 0. The third-order valence-electron chi connectivity index (χ3n) is 4.28. The van der Waals surface area contributed by atoms with Gasteiger partial charge in [0.15, 0.2) is 5.96 Å². The minimum atomic E-state index is -4.16. The Labute approximate surface area is 155 Å². The Bertz CT molecular complexity index is 741. The van der Waals surface area contributed by atoms with Gasteiger partial charge in [-0.2, -0.15) is 13.2 Å². The van der Waals surface area contributed by atoms with Gasteiger partial charge in [-0.3, -0.25) is 14.5 Å². The van der Waals surface area contributed by atoms with Gasteiger partial charge in [-0.25, -0.2) is 9.97 Å². The van der Waals surface area contributed by atoms with Crippen molar-refractivity contribution in [3.05, 3.63) is 42.6 Å². The topological polar surface area (TPSA) is 70.4 Å². The SMILES string of the molecule is CN=C(NCc1ccc(-n2ccnc2)nc1)NC1CCN(CC(F)(F)F)C1. The fourth-order valence-electron chi connectivity index (χ4n) is 2.99. The van der Waals surface area contributed by atoms with Crippen LogP contribution in [-0.2, 0) is 6.54 Å². The van der Waals surface area contributed by atoms with Gasteiger partial charge in [-0.1, -0.05) is 6.07 Å². The number of nitrogens with zero attached hydrogens (tertiary/aromatic N) is 5. The van der Waals surface area contributed by atoms with Crippen LogP contribution in [0.5, 0.6) is 0 Å². The average Bonchev–Trinajstić information content (AvgIpc) is 3.30. The molecule has 1 unspecified atom stereocenters. The minimum Gasteiger partial charge on any atom is -0.352 e. The predicted molar refractivity (Wildman–Crippen MR) is 95.6 cm³/mol. The summed E-state index contributed by atoms with van der Waals surface area (Å²) in [5, 5.41) is 6.35. The summed E-state index contributed by atoms with van der Waals surface area (Å²) in [6.45, 7) is 0.414. The molecule has 0 amide bonds.